The molecule has 0 saturated carbocycles. The number of ether oxygens (including phenoxy) is 3. The summed E-state index contributed by atoms with van der Waals surface area (Å²) < 4.78 is 16.3. The lowest BCUT2D eigenvalue weighted by Gasteiger charge is -2.15. The summed E-state index contributed by atoms with van der Waals surface area (Å²) in [6, 6.07) is 3.43. The second-order valence-corrected chi connectivity index (χ2v) is 5.11. The van der Waals surface area contributed by atoms with Gasteiger partial charge in [0.15, 0.2) is 11.5 Å². The third kappa shape index (κ3) is 5.59. The minimum Gasteiger partial charge on any atom is -0.493 e. The Bertz CT molecular complexity index is 474. The van der Waals surface area contributed by atoms with Gasteiger partial charge in [-0.05, 0) is 42.2 Å². The first kappa shape index (κ1) is 17.2. The Morgan fingerprint density at radius 1 is 1.29 bits per heavy atom. The fourth-order valence-electron chi connectivity index (χ4n) is 1.68. The number of hydrogen-bond acceptors (Lipinski definition) is 5. The lowest BCUT2D eigenvalue weighted by molar-refractivity contribution is -0.131. The number of carboxylic acid groups (broad SMARTS) is 1. The van der Waals surface area contributed by atoms with Gasteiger partial charge in [-0.3, -0.25) is 0 Å². The standard InChI is InChI=1S/C15H20O5S/c1-18-12-9-11(5-6-14(16)17)10-13(19-2)15(12)20-7-4-8-21-3/h5-6,9-10H,4,7-8H2,1-3H3,(H,16,17)/b6-5+. The molecule has 0 unspecified atom stereocenters. The van der Waals surface area contributed by atoms with Gasteiger partial charge in [0.25, 0.3) is 0 Å². The average Bonchev–Trinajstić information content (AvgIpc) is 2.49. The van der Waals surface area contributed by atoms with Gasteiger partial charge in [-0.1, -0.05) is 0 Å². The second-order valence-electron chi connectivity index (χ2n) is 4.12. The van der Waals surface area contributed by atoms with E-state index in [0.717, 1.165) is 18.2 Å². The quantitative estimate of drug-likeness (QED) is 0.559. The summed E-state index contributed by atoms with van der Waals surface area (Å²) >= 11 is 1.76. The Morgan fingerprint density at radius 3 is 2.38 bits per heavy atom. The highest BCUT2D eigenvalue weighted by Crippen LogP contribution is 2.39. The molecule has 0 heterocycles. The van der Waals surface area contributed by atoms with Crippen molar-refractivity contribution in [3.05, 3.63) is 23.8 Å². The molecule has 0 amide bonds. The summed E-state index contributed by atoms with van der Waals surface area (Å²) in [7, 11) is 3.07. The molecular weight excluding hydrogens is 292 g/mol. The third-order valence-corrected chi connectivity index (χ3v) is 3.34. The zero-order chi connectivity index (χ0) is 15.7. The molecule has 1 aromatic rings. The van der Waals surface area contributed by atoms with Crippen LogP contribution in [0.1, 0.15) is 12.0 Å². The fourth-order valence-corrected chi connectivity index (χ4v) is 2.09. The predicted molar refractivity (Wildman–Crippen MR) is 84.7 cm³/mol. The molecule has 0 bridgehead atoms. The zero-order valence-corrected chi connectivity index (χ0v) is 13.2. The normalized spacial score (nSPS) is 10.6. The van der Waals surface area contributed by atoms with Crippen LogP contribution in [0, 0.1) is 0 Å². The zero-order valence-electron chi connectivity index (χ0n) is 12.4. The predicted octanol–water partition coefficient (Wildman–Crippen LogP) is 2.93. The highest BCUT2D eigenvalue weighted by atomic mass is 32.2. The number of rotatable bonds is 9. The molecule has 1 rings (SSSR count). The van der Waals surface area contributed by atoms with E-state index in [4.69, 9.17) is 19.3 Å². The molecule has 6 heteroatoms. The van der Waals surface area contributed by atoms with Gasteiger partial charge in [-0.2, -0.15) is 11.8 Å². The van der Waals surface area contributed by atoms with Crippen molar-refractivity contribution in [2.75, 3.05) is 32.8 Å². The van der Waals surface area contributed by atoms with Crippen LogP contribution in [0.5, 0.6) is 17.2 Å². The van der Waals surface area contributed by atoms with Crippen molar-refractivity contribution in [2.24, 2.45) is 0 Å². The number of carboxylic acids is 1. The van der Waals surface area contributed by atoms with Crippen LogP contribution in [0.4, 0.5) is 0 Å². The van der Waals surface area contributed by atoms with Crippen LogP contribution < -0.4 is 14.2 Å². The van der Waals surface area contributed by atoms with E-state index < -0.39 is 5.97 Å². The molecule has 21 heavy (non-hydrogen) atoms. The second kappa shape index (κ2) is 9.18. The van der Waals surface area contributed by atoms with E-state index in [1.165, 1.54) is 20.3 Å². The Kier molecular flexibility index (Phi) is 7.53. The molecule has 0 aliphatic rings. The van der Waals surface area contributed by atoms with Crippen LogP contribution in [-0.2, 0) is 4.79 Å². The van der Waals surface area contributed by atoms with E-state index in [1.54, 1.807) is 23.9 Å². The molecule has 0 atom stereocenters. The fraction of sp³-hybridized carbons (Fsp3) is 0.400. The first-order valence-electron chi connectivity index (χ1n) is 6.41. The number of thioether (sulfide) groups is 1. The van der Waals surface area contributed by atoms with E-state index >= 15 is 0 Å². The first-order chi connectivity index (χ1) is 10.1. The lowest BCUT2D eigenvalue weighted by atomic mass is 10.1. The van der Waals surface area contributed by atoms with Crippen LogP contribution in [0.25, 0.3) is 6.08 Å². The summed E-state index contributed by atoms with van der Waals surface area (Å²) in [6.07, 6.45) is 5.51. The van der Waals surface area contributed by atoms with Gasteiger partial charge in [0, 0.05) is 6.08 Å². The van der Waals surface area contributed by atoms with Gasteiger partial charge in [-0.25, -0.2) is 4.79 Å². The SMILES string of the molecule is COc1cc(/C=C/C(=O)O)cc(OC)c1OCCCSC. The summed E-state index contributed by atoms with van der Waals surface area (Å²) in [5.41, 5.74) is 0.669. The Hall–Kier alpha value is -1.82. The van der Waals surface area contributed by atoms with Crippen molar-refractivity contribution in [3.63, 3.8) is 0 Å². The molecule has 0 aliphatic heterocycles. The highest BCUT2D eigenvalue weighted by molar-refractivity contribution is 7.98. The minimum absolute atomic E-state index is 0.517. The number of hydrogen-bond donors (Lipinski definition) is 1. The number of methoxy groups -OCH3 is 2. The largest absolute Gasteiger partial charge is 0.493 e. The van der Waals surface area contributed by atoms with Crippen LogP contribution in [0.15, 0.2) is 18.2 Å². The van der Waals surface area contributed by atoms with Gasteiger partial charge in [0.05, 0.1) is 20.8 Å². The average molecular weight is 312 g/mol. The lowest BCUT2D eigenvalue weighted by Crippen LogP contribution is -2.03. The van der Waals surface area contributed by atoms with Gasteiger partial charge in [0.2, 0.25) is 5.75 Å². The third-order valence-electron chi connectivity index (χ3n) is 2.64. The van der Waals surface area contributed by atoms with E-state index in [9.17, 15) is 4.79 Å². The Balaban J connectivity index is 2.98. The van der Waals surface area contributed by atoms with Gasteiger partial charge < -0.3 is 19.3 Å². The van der Waals surface area contributed by atoms with E-state index in [2.05, 4.69) is 0 Å². The van der Waals surface area contributed by atoms with E-state index in [1.807, 2.05) is 6.26 Å². The maximum atomic E-state index is 10.6. The van der Waals surface area contributed by atoms with Gasteiger partial charge >= 0.3 is 5.97 Å². The molecule has 5 nitrogen and oxygen atoms in total. The van der Waals surface area contributed by atoms with Crippen LogP contribution >= 0.6 is 11.8 Å². The summed E-state index contributed by atoms with van der Waals surface area (Å²) in [6.45, 7) is 0.567. The maximum absolute atomic E-state index is 10.6. The van der Waals surface area contributed by atoms with Crippen molar-refractivity contribution in [3.8, 4) is 17.2 Å². The first-order valence-corrected chi connectivity index (χ1v) is 7.80. The number of carbonyl (C=O) groups is 1. The van der Waals surface area contributed by atoms with Crippen LogP contribution in [0.3, 0.4) is 0 Å². The van der Waals surface area contributed by atoms with Crippen molar-refractivity contribution < 1.29 is 24.1 Å². The Labute approximate surface area is 128 Å². The van der Waals surface area contributed by atoms with Crippen molar-refractivity contribution in [2.45, 2.75) is 6.42 Å². The Morgan fingerprint density at radius 2 is 1.90 bits per heavy atom. The topological polar surface area (TPSA) is 65.0 Å². The molecule has 1 N–H and O–H groups in total. The van der Waals surface area contributed by atoms with Crippen molar-refractivity contribution in [1.29, 1.82) is 0 Å². The molecule has 0 spiro atoms. The molecule has 0 radical (unpaired) electrons. The summed E-state index contributed by atoms with van der Waals surface area (Å²) in [4.78, 5) is 10.6. The molecule has 0 fully saturated rings. The molecule has 1 aromatic carbocycles. The molecule has 0 aliphatic carbocycles. The van der Waals surface area contributed by atoms with Crippen molar-refractivity contribution >= 4 is 23.8 Å². The minimum atomic E-state index is -1.01. The highest BCUT2D eigenvalue weighted by Gasteiger charge is 2.13. The van der Waals surface area contributed by atoms with E-state index in [-0.39, 0.29) is 0 Å². The molecule has 116 valence electrons. The summed E-state index contributed by atoms with van der Waals surface area (Å²) in [5, 5.41) is 8.67. The monoisotopic (exact) mass is 312 g/mol. The van der Waals surface area contributed by atoms with E-state index in [0.29, 0.717) is 29.4 Å². The van der Waals surface area contributed by atoms with Crippen LogP contribution in [-0.4, -0.2) is 43.9 Å². The molecular formula is C15H20O5S. The molecule has 0 aromatic heterocycles. The number of aliphatic carboxylic acids is 1. The summed E-state index contributed by atoms with van der Waals surface area (Å²) in [5.74, 6) is 1.58. The molecule has 0 saturated heterocycles. The maximum Gasteiger partial charge on any atom is 0.328 e. The smallest absolute Gasteiger partial charge is 0.328 e. The van der Waals surface area contributed by atoms with Gasteiger partial charge in [-0.15, -0.1) is 0 Å². The van der Waals surface area contributed by atoms with Crippen molar-refractivity contribution in [1.82, 2.24) is 0 Å². The number of benzene rings is 1. The van der Waals surface area contributed by atoms with Crippen LogP contribution in [0.2, 0.25) is 0 Å². The van der Waals surface area contributed by atoms with Gasteiger partial charge in [0.1, 0.15) is 0 Å².